The first-order valence-corrected chi connectivity index (χ1v) is 32.8. The fraction of sp³-hybridized carbons (Fsp3) is 0.881. The number of nitrogens with one attached hydrogen (secondary N) is 1. The van der Waals surface area contributed by atoms with Gasteiger partial charge >= 0.3 is 5.97 Å². The summed E-state index contributed by atoms with van der Waals surface area (Å²) < 4.78 is 5.47. The molecule has 0 aliphatic carbocycles. The summed E-state index contributed by atoms with van der Waals surface area (Å²) in [7, 11) is 0. The molecule has 2 atom stereocenters. The second-order valence-corrected chi connectivity index (χ2v) is 22.4. The number of unbranched alkanes of at least 4 members (excludes halogenated alkanes) is 46. The molecule has 0 bridgehead atoms. The molecule has 0 aromatic carbocycles. The Kier molecular flexibility index (Phi) is 61.0. The number of ether oxygens (including phenoxy) is 1. The van der Waals surface area contributed by atoms with Gasteiger partial charge in [0.05, 0.1) is 25.4 Å². The number of carbonyl (C=O) groups is 2. The zero-order chi connectivity index (χ0) is 52.9. The van der Waals surface area contributed by atoms with Crippen LogP contribution >= 0.6 is 0 Å². The molecule has 0 rings (SSSR count). The topological polar surface area (TPSA) is 95.9 Å². The van der Waals surface area contributed by atoms with E-state index in [9.17, 15) is 19.8 Å². The maximum atomic E-state index is 12.5. The van der Waals surface area contributed by atoms with Crippen LogP contribution in [0.2, 0.25) is 0 Å². The average Bonchev–Trinajstić information content (AvgIpc) is 3.39. The lowest BCUT2D eigenvalue weighted by Crippen LogP contribution is -2.45. The smallest absolute Gasteiger partial charge is 0.305 e. The molecule has 73 heavy (non-hydrogen) atoms. The van der Waals surface area contributed by atoms with Crippen LogP contribution in [0.25, 0.3) is 0 Å². The van der Waals surface area contributed by atoms with Crippen LogP contribution in [0.4, 0.5) is 0 Å². The Morgan fingerprint density at radius 3 is 0.973 bits per heavy atom. The molecule has 0 spiro atoms. The maximum Gasteiger partial charge on any atom is 0.305 e. The van der Waals surface area contributed by atoms with Crippen LogP contribution in [-0.4, -0.2) is 47.4 Å². The lowest BCUT2D eigenvalue weighted by molar-refractivity contribution is -0.143. The number of amides is 1. The molecule has 1 amide bonds. The highest BCUT2D eigenvalue weighted by molar-refractivity contribution is 5.76. The molecular formula is C67H127NO5. The Morgan fingerprint density at radius 2 is 0.644 bits per heavy atom. The Morgan fingerprint density at radius 1 is 0.370 bits per heavy atom. The summed E-state index contributed by atoms with van der Waals surface area (Å²) in [4.78, 5) is 24.6. The molecule has 3 N–H and O–H groups in total. The highest BCUT2D eigenvalue weighted by Crippen LogP contribution is 2.17. The van der Waals surface area contributed by atoms with Gasteiger partial charge in [0.2, 0.25) is 5.91 Å². The summed E-state index contributed by atoms with van der Waals surface area (Å²) in [5.41, 5.74) is 0. The van der Waals surface area contributed by atoms with E-state index in [1.165, 1.54) is 276 Å². The van der Waals surface area contributed by atoms with E-state index in [1.54, 1.807) is 6.08 Å². The number of esters is 1. The minimum absolute atomic E-state index is 0.00499. The number of carbonyl (C=O) groups excluding carboxylic acids is 2. The van der Waals surface area contributed by atoms with Gasteiger partial charge in [0.1, 0.15) is 0 Å². The lowest BCUT2D eigenvalue weighted by Gasteiger charge is -2.20. The normalized spacial score (nSPS) is 12.8. The summed E-state index contributed by atoms with van der Waals surface area (Å²) in [5, 5.41) is 23.2. The Bertz CT molecular complexity index is 1180. The van der Waals surface area contributed by atoms with Crippen LogP contribution in [-0.2, 0) is 14.3 Å². The van der Waals surface area contributed by atoms with Gasteiger partial charge in [0.25, 0.3) is 0 Å². The second-order valence-electron chi connectivity index (χ2n) is 22.4. The van der Waals surface area contributed by atoms with Crippen molar-refractivity contribution >= 4 is 11.9 Å². The number of rotatable bonds is 61. The Hall–Kier alpha value is -1.92. The molecule has 0 radical (unpaired) electrons. The van der Waals surface area contributed by atoms with E-state index in [1.807, 2.05) is 6.08 Å². The van der Waals surface area contributed by atoms with Gasteiger partial charge in [-0.1, -0.05) is 294 Å². The van der Waals surface area contributed by atoms with E-state index in [0.29, 0.717) is 19.4 Å². The Labute approximate surface area is 455 Å². The summed E-state index contributed by atoms with van der Waals surface area (Å²) in [6.07, 6.45) is 79.1. The van der Waals surface area contributed by atoms with Crippen molar-refractivity contribution in [1.82, 2.24) is 5.32 Å². The first-order valence-electron chi connectivity index (χ1n) is 32.8. The number of allylic oxidation sites excluding steroid dienone is 5. The molecule has 0 saturated carbocycles. The minimum atomic E-state index is -0.852. The molecule has 0 saturated heterocycles. The van der Waals surface area contributed by atoms with Gasteiger partial charge in [0.15, 0.2) is 0 Å². The van der Waals surface area contributed by atoms with Crippen molar-refractivity contribution in [3.63, 3.8) is 0 Å². The number of aliphatic hydroxyl groups excluding tert-OH is 2. The van der Waals surface area contributed by atoms with Crippen LogP contribution in [0, 0.1) is 0 Å². The van der Waals surface area contributed by atoms with Gasteiger partial charge in [0, 0.05) is 12.8 Å². The zero-order valence-electron chi connectivity index (χ0n) is 49.1. The largest absolute Gasteiger partial charge is 0.466 e. The van der Waals surface area contributed by atoms with Crippen LogP contribution in [0.1, 0.15) is 354 Å². The molecule has 0 aliphatic rings. The molecule has 0 heterocycles. The highest BCUT2D eigenvalue weighted by atomic mass is 16.5. The van der Waals surface area contributed by atoms with E-state index in [0.717, 1.165) is 51.4 Å². The third-order valence-corrected chi connectivity index (χ3v) is 15.1. The summed E-state index contributed by atoms with van der Waals surface area (Å²) in [6.45, 7) is 4.90. The molecule has 430 valence electrons. The molecule has 0 aliphatic heterocycles. The maximum absolute atomic E-state index is 12.5. The molecular weight excluding hydrogens is 899 g/mol. The van der Waals surface area contributed by atoms with E-state index in [-0.39, 0.29) is 18.5 Å². The predicted molar refractivity (Wildman–Crippen MR) is 319 cm³/mol. The van der Waals surface area contributed by atoms with Gasteiger partial charge in [-0.3, -0.25) is 9.59 Å². The molecule has 0 fully saturated rings. The van der Waals surface area contributed by atoms with Crippen molar-refractivity contribution in [3.05, 3.63) is 36.5 Å². The van der Waals surface area contributed by atoms with Gasteiger partial charge < -0.3 is 20.3 Å². The third kappa shape index (κ3) is 59.2. The van der Waals surface area contributed by atoms with Gasteiger partial charge in [-0.2, -0.15) is 0 Å². The van der Waals surface area contributed by atoms with Crippen LogP contribution in [0.5, 0.6) is 0 Å². The molecule has 0 aromatic heterocycles. The van der Waals surface area contributed by atoms with Gasteiger partial charge in [-0.25, -0.2) is 0 Å². The minimum Gasteiger partial charge on any atom is -0.466 e. The Balaban J connectivity index is 3.47. The van der Waals surface area contributed by atoms with Crippen molar-refractivity contribution in [2.75, 3.05) is 13.2 Å². The standard InChI is InChI=1S/C67H127NO5/c1-3-5-7-9-11-13-15-17-19-20-21-22-23-24-26-29-32-35-39-43-47-51-55-59-65(70)64(63-69)68-66(71)60-56-52-48-44-40-36-33-30-27-25-28-31-34-38-42-46-50-54-58-62-73-67(72)61-57-53-49-45-41-37-18-16-14-12-10-8-6-4-2/h16,18,25,27,55,59,64-65,69-70H,3-15,17,19-24,26,28-54,56-58,60-63H2,1-2H3,(H,68,71)/b18-16-,27-25-,59-55+. The van der Waals surface area contributed by atoms with Gasteiger partial charge in [-0.05, 0) is 83.5 Å². The monoisotopic (exact) mass is 1030 g/mol. The van der Waals surface area contributed by atoms with Crippen LogP contribution in [0.15, 0.2) is 36.5 Å². The summed E-state index contributed by atoms with van der Waals surface area (Å²) in [5.74, 6) is -0.0797. The van der Waals surface area contributed by atoms with Crippen molar-refractivity contribution < 1.29 is 24.5 Å². The van der Waals surface area contributed by atoms with Crippen molar-refractivity contribution in [3.8, 4) is 0 Å². The quantitative estimate of drug-likeness (QED) is 0.0320. The van der Waals surface area contributed by atoms with Crippen molar-refractivity contribution in [2.24, 2.45) is 0 Å². The molecule has 6 heteroatoms. The van der Waals surface area contributed by atoms with E-state index >= 15 is 0 Å². The van der Waals surface area contributed by atoms with Crippen molar-refractivity contribution in [1.29, 1.82) is 0 Å². The molecule has 6 nitrogen and oxygen atoms in total. The lowest BCUT2D eigenvalue weighted by atomic mass is 10.0. The first kappa shape index (κ1) is 71.1. The second kappa shape index (κ2) is 62.6. The fourth-order valence-electron chi connectivity index (χ4n) is 10.1. The third-order valence-electron chi connectivity index (χ3n) is 15.1. The summed E-state index contributed by atoms with van der Waals surface area (Å²) in [6, 6.07) is -0.637. The highest BCUT2D eigenvalue weighted by Gasteiger charge is 2.18. The van der Waals surface area contributed by atoms with Crippen molar-refractivity contribution in [2.45, 2.75) is 366 Å². The van der Waals surface area contributed by atoms with E-state index in [2.05, 4.69) is 43.5 Å². The van der Waals surface area contributed by atoms with Crippen LogP contribution < -0.4 is 5.32 Å². The molecule has 0 aromatic rings. The fourth-order valence-corrected chi connectivity index (χ4v) is 10.1. The van der Waals surface area contributed by atoms with E-state index in [4.69, 9.17) is 4.74 Å². The molecule has 2 unspecified atom stereocenters. The number of aliphatic hydroxyl groups is 2. The van der Waals surface area contributed by atoms with E-state index < -0.39 is 12.1 Å². The number of hydrogen-bond donors (Lipinski definition) is 3. The number of hydrogen-bond acceptors (Lipinski definition) is 5. The van der Waals surface area contributed by atoms with Crippen LogP contribution in [0.3, 0.4) is 0 Å². The van der Waals surface area contributed by atoms with Gasteiger partial charge in [-0.15, -0.1) is 0 Å². The average molecular weight is 1030 g/mol. The first-order chi connectivity index (χ1) is 36.0. The predicted octanol–water partition coefficient (Wildman–Crippen LogP) is 20.8. The SMILES string of the molecule is CCCCCCC/C=C\CCCCCCCC(=O)OCCCCCCCCCC/C=C\CCCCCCCCCC(=O)NC(CO)C(O)/C=C/CCCCCCCCCCCCCCCCCCCCCCC. The zero-order valence-corrected chi connectivity index (χ0v) is 49.1. The summed E-state index contributed by atoms with van der Waals surface area (Å²) >= 11 is 0.